The number of amides is 1. The third-order valence-electron chi connectivity index (χ3n) is 3.02. The lowest BCUT2D eigenvalue weighted by Gasteiger charge is -2.09. The van der Waals surface area contributed by atoms with Crippen LogP contribution >= 0.6 is 0 Å². The highest BCUT2D eigenvalue weighted by molar-refractivity contribution is 7.90. The van der Waals surface area contributed by atoms with Crippen molar-refractivity contribution in [3.8, 4) is 5.75 Å². The molecule has 0 aliphatic carbocycles. The summed E-state index contributed by atoms with van der Waals surface area (Å²) in [4.78, 5) is 23.6. The lowest BCUT2D eigenvalue weighted by molar-refractivity contribution is -0.119. The van der Waals surface area contributed by atoms with Crippen LogP contribution in [0.25, 0.3) is 0 Å². The van der Waals surface area contributed by atoms with Crippen LogP contribution in [0.3, 0.4) is 0 Å². The molecule has 0 heterocycles. The van der Waals surface area contributed by atoms with Crippen molar-refractivity contribution < 1.29 is 27.9 Å². The Bertz CT molecular complexity index is 876. The predicted octanol–water partition coefficient (Wildman–Crippen LogP) is 1.59. The molecule has 0 radical (unpaired) electrons. The van der Waals surface area contributed by atoms with E-state index in [1.165, 1.54) is 36.4 Å². The number of rotatable bonds is 5. The summed E-state index contributed by atoms with van der Waals surface area (Å²) in [6.45, 7) is -0.620. The van der Waals surface area contributed by atoms with E-state index in [0.717, 1.165) is 6.26 Å². The molecule has 0 aliphatic rings. The molecule has 2 rings (SSSR count). The van der Waals surface area contributed by atoms with Crippen molar-refractivity contribution in [2.45, 2.75) is 4.90 Å². The summed E-state index contributed by atoms with van der Waals surface area (Å²) >= 11 is 0. The maximum absolute atomic E-state index is 12.0. The number of benzene rings is 2. The summed E-state index contributed by atoms with van der Waals surface area (Å²) in [5.74, 6) is -1.72. The van der Waals surface area contributed by atoms with E-state index in [4.69, 9.17) is 4.74 Å². The molecule has 0 unspecified atom stereocenters. The first kappa shape index (κ1) is 17.5. The second-order valence-corrected chi connectivity index (χ2v) is 6.89. The Kier molecular flexibility index (Phi) is 5.20. The molecule has 2 aromatic rings. The number of carbonyl (C=O) groups excluding carboxylic acids is 2. The van der Waals surface area contributed by atoms with Gasteiger partial charge in [0.15, 0.2) is 16.4 Å². The van der Waals surface area contributed by atoms with Crippen LogP contribution in [0.4, 0.5) is 5.69 Å². The molecule has 0 spiro atoms. The molecule has 0 bridgehead atoms. The number of ether oxygens (including phenoxy) is 1. The Labute approximate surface area is 138 Å². The van der Waals surface area contributed by atoms with Gasteiger partial charge >= 0.3 is 5.97 Å². The van der Waals surface area contributed by atoms with Gasteiger partial charge in [0.1, 0.15) is 5.75 Å². The minimum atomic E-state index is -3.61. The third-order valence-corrected chi connectivity index (χ3v) is 4.17. The fourth-order valence-corrected chi connectivity index (χ4v) is 2.81. The number of anilines is 1. The molecule has 2 N–H and O–H groups in total. The zero-order valence-electron chi connectivity index (χ0n) is 12.7. The average Bonchev–Trinajstić information content (AvgIpc) is 2.54. The summed E-state index contributed by atoms with van der Waals surface area (Å²) < 4.78 is 28.2. The van der Waals surface area contributed by atoms with Crippen molar-refractivity contribution in [3.63, 3.8) is 0 Å². The average molecular weight is 349 g/mol. The summed E-state index contributed by atoms with van der Waals surface area (Å²) in [6, 6.07) is 11.6. The normalized spacial score (nSPS) is 10.9. The lowest BCUT2D eigenvalue weighted by Crippen LogP contribution is -2.21. The minimum Gasteiger partial charge on any atom is -0.506 e. The van der Waals surface area contributed by atoms with Gasteiger partial charge in [-0.3, -0.25) is 4.79 Å². The summed E-state index contributed by atoms with van der Waals surface area (Å²) in [6.07, 6.45) is 0.976. The number of para-hydroxylation sites is 2. The quantitative estimate of drug-likeness (QED) is 0.627. The van der Waals surface area contributed by atoms with E-state index >= 15 is 0 Å². The molecule has 0 aliphatic heterocycles. The molecular formula is C16H15NO6S. The molecule has 0 fully saturated rings. The molecule has 7 nitrogen and oxygen atoms in total. The molecule has 0 atom stereocenters. The van der Waals surface area contributed by atoms with Crippen LogP contribution in [0.2, 0.25) is 0 Å². The number of phenolic OH excluding ortho intramolecular Hbond substituents is 1. The van der Waals surface area contributed by atoms with E-state index < -0.39 is 28.3 Å². The molecular weight excluding hydrogens is 334 g/mol. The smallest absolute Gasteiger partial charge is 0.339 e. The fraction of sp³-hybridized carbons (Fsp3) is 0.125. The Morgan fingerprint density at radius 1 is 1.08 bits per heavy atom. The minimum absolute atomic E-state index is 0.125. The molecule has 0 saturated carbocycles. The van der Waals surface area contributed by atoms with Gasteiger partial charge in [0.05, 0.1) is 16.1 Å². The van der Waals surface area contributed by atoms with Crippen LogP contribution < -0.4 is 5.32 Å². The monoisotopic (exact) mass is 349 g/mol. The molecule has 126 valence electrons. The van der Waals surface area contributed by atoms with E-state index in [-0.39, 0.29) is 21.9 Å². The third kappa shape index (κ3) is 4.32. The highest BCUT2D eigenvalue weighted by atomic mass is 32.2. The highest BCUT2D eigenvalue weighted by Gasteiger charge is 2.20. The molecule has 8 heteroatoms. The number of carbonyl (C=O) groups is 2. The Balaban J connectivity index is 2.04. The van der Waals surface area contributed by atoms with Crippen molar-refractivity contribution in [2.75, 3.05) is 18.2 Å². The van der Waals surface area contributed by atoms with Gasteiger partial charge in [-0.25, -0.2) is 13.2 Å². The van der Waals surface area contributed by atoms with E-state index in [2.05, 4.69) is 5.32 Å². The predicted molar refractivity (Wildman–Crippen MR) is 86.6 cm³/mol. The zero-order chi connectivity index (χ0) is 17.7. The summed E-state index contributed by atoms with van der Waals surface area (Å²) in [5, 5.41) is 11.9. The standard InChI is InChI=1S/C16H15NO6S/c1-24(21,22)14-9-5-2-6-11(14)16(20)23-10-15(19)17-12-7-3-4-8-13(12)18/h2-9,18H,10H2,1H3,(H,17,19). The summed E-state index contributed by atoms with van der Waals surface area (Å²) in [7, 11) is -3.61. The number of hydrogen-bond acceptors (Lipinski definition) is 6. The van der Waals surface area contributed by atoms with Crippen LogP contribution in [-0.2, 0) is 19.4 Å². The van der Waals surface area contributed by atoms with Gasteiger partial charge < -0.3 is 15.2 Å². The van der Waals surface area contributed by atoms with Gasteiger partial charge in [0.2, 0.25) is 0 Å². The number of nitrogens with one attached hydrogen (secondary N) is 1. The number of esters is 1. The van der Waals surface area contributed by atoms with Gasteiger partial charge in [-0.2, -0.15) is 0 Å². The molecule has 0 saturated heterocycles. The van der Waals surface area contributed by atoms with Crippen LogP contribution in [0.15, 0.2) is 53.4 Å². The number of sulfone groups is 1. The first-order valence-electron chi connectivity index (χ1n) is 6.83. The Morgan fingerprint density at radius 3 is 2.38 bits per heavy atom. The summed E-state index contributed by atoms with van der Waals surface area (Å²) in [5.41, 5.74) is 0.0328. The molecule has 24 heavy (non-hydrogen) atoms. The SMILES string of the molecule is CS(=O)(=O)c1ccccc1C(=O)OCC(=O)Nc1ccccc1O. The number of phenols is 1. The van der Waals surface area contributed by atoms with Crippen molar-refractivity contribution in [2.24, 2.45) is 0 Å². The van der Waals surface area contributed by atoms with Gasteiger partial charge in [-0.1, -0.05) is 24.3 Å². The number of hydrogen-bond donors (Lipinski definition) is 2. The van der Waals surface area contributed by atoms with Crippen molar-refractivity contribution in [1.82, 2.24) is 0 Å². The van der Waals surface area contributed by atoms with E-state index in [0.29, 0.717) is 0 Å². The maximum atomic E-state index is 12.0. The Hall–Kier alpha value is -2.87. The van der Waals surface area contributed by atoms with Crippen molar-refractivity contribution in [1.29, 1.82) is 0 Å². The van der Waals surface area contributed by atoms with E-state index in [9.17, 15) is 23.1 Å². The van der Waals surface area contributed by atoms with Crippen molar-refractivity contribution in [3.05, 3.63) is 54.1 Å². The zero-order valence-corrected chi connectivity index (χ0v) is 13.5. The molecule has 2 aromatic carbocycles. The largest absolute Gasteiger partial charge is 0.506 e. The second kappa shape index (κ2) is 7.14. The van der Waals surface area contributed by atoms with Crippen LogP contribution in [0.1, 0.15) is 10.4 Å². The van der Waals surface area contributed by atoms with E-state index in [1.54, 1.807) is 12.1 Å². The topological polar surface area (TPSA) is 110 Å². The fourth-order valence-electron chi connectivity index (χ4n) is 1.93. The van der Waals surface area contributed by atoms with Crippen LogP contribution in [0, 0.1) is 0 Å². The van der Waals surface area contributed by atoms with Gasteiger partial charge in [0.25, 0.3) is 5.91 Å². The highest BCUT2D eigenvalue weighted by Crippen LogP contribution is 2.21. The van der Waals surface area contributed by atoms with Gasteiger partial charge in [0, 0.05) is 6.26 Å². The molecule has 1 amide bonds. The first-order valence-corrected chi connectivity index (χ1v) is 8.72. The van der Waals surface area contributed by atoms with Gasteiger partial charge in [-0.15, -0.1) is 0 Å². The van der Waals surface area contributed by atoms with Crippen LogP contribution in [0.5, 0.6) is 5.75 Å². The molecule has 0 aromatic heterocycles. The van der Waals surface area contributed by atoms with Gasteiger partial charge in [-0.05, 0) is 24.3 Å². The van der Waals surface area contributed by atoms with Crippen LogP contribution in [-0.4, -0.2) is 38.3 Å². The van der Waals surface area contributed by atoms with Crippen molar-refractivity contribution >= 4 is 27.4 Å². The lowest BCUT2D eigenvalue weighted by atomic mass is 10.2. The maximum Gasteiger partial charge on any atom is 0.339 e. The second-order valence-electron chi connectivity index (χ2n) is 4.91. The van der Waals surface area contributed by atoms with E-state index in [1.807, 2.05) is 0 Å². The first-order chi connectivity index (χ1) is 11.3. The number of aromatic hydroxyl groups is 1. The Morgan fingerprint density at radius 2 is 1.71 bits per heavy atom.